The van der Waals surface area contributed by atoms with E-state index < -0.39 is 16.0 Å². The molecule has 0 saturated heterocycles. The summed E-state index contributed by atoms with van der Waals surface area (Å²) < 4.78 is 27.4. The summed E-state index contributed by atoms with van der Waals surface area (Å²) in [7, 11) is -3.84. The van der Waals surface area contributed by atoms with Gasteiger partial charge in [0.1, 0.15) is 10.6 Å². The van der Waals surface area contributed by atoms with Gasteiger partial charge >= 0.3 is 5.97 Å². The number of H-pyrrole nitrogens is 1. The molecule has 1 heterocycles. The maximum absolute atomic E-state index is 12.2. The minimum absolute atomic E-state index is 0.136. The fourth-order valence-corrected chi connectivity index (χ4v) is 3.14. The van der Waals surface area contributed by atoms with E-state index in [4.69, 9.17) is 5.11 Å². The molecule has 0 fully saturated rings. The highest BCUT2D eigenvalue weighted by Crippen LogP contribution is 2.28. The summed E-state index contributed by atoms with van der Waals surface area (Å²) in [5, 5.41) is 8.78. The molecule has 0 amide bonds. The number of hydrogen-bond donors (Lipinski definition) is 3. The first kappa shape index (κ1) is 14.6. The van der Waals surface area contributed by atoms with Crippen LogP contribution in [0.2, 0.25) is 0 Å². The predicted molar refractivity (Wildman–Crippen MR) is 77.4 cm³/mol. The maximum atomic E-state index is 12.2. The number of aromatic carboxylic acids is 1. The van der Waals surface area contributed by atoms with Crippen molar-refractivity contribution in [2.24, 2.45) is 0 Å². The lowest BCUT2D eigenvalue weighted by atomic mass is 10.2. The van der Waals surface area contributed by atoms with Crippen molar-refractivity contribution >= 4 is 37.6 Å². The molecule has 0 unspecified atom stereocenters. The number of carbonyl (C=O) groups is 1. The Bertz CT molecular complexity index is 768. The van der Waals surface area contributed by atoms with E-state index >= 15 is 0 Å². The fourth-order valence-electron chi connectivity index (χ4n) is 1.58. The van der Waals surface area contributed by atoms with Crippen LogP contribution < -0.4 is 4.72 Å². The summed E-state index contributed by atoms with van der Waals surface area (Å²) in [6.45, 7) is 1.83. The largest absolute Gasteiger partial charge is 0.477 e. The van der Waals surface area contributed by atoms with Gasteiger partial charge in [0.25, 0.3) is 10.0 Å². The van der Waals surface area contributed by atoms with Crippen molar-refractivity contribution in [3.8, 4) is 0 Å². The highest BCUT2D eigenvalue weighted by molar-refractivity contribution is 9.10. The van der Waals surface area contributed by atoms with Crippen LogP contribution in [0.3, 0.4) is 0 Å². The summed E-state index contributed by atoms with van der Waals surface area (Å²) in [4.78, 5) is 13.0. The molecule has 1 aromatic heterocycles. The van der Waals surface area contributed by atoms with E-state index in [1.165, 1.54) is 0 Å². The summed E-state index contributed by atoms with van der Waals surface area (Å²) in [6.07, 6.45) is 1.13. The number of nitrogens with one attached hydrogen (secondary N) is 2. The summed E-state index contributed by atoms with van der Waals surface area (Å²) in [6, 6.07) is 6.23. The van der Waals surface area contributed by atoms with Gasteiger partial charge in [0.05, 0.1) is 5.69 Å². The molecule has 20 heavy (non-hydrogen) atoms. The van der Waals surface area contributed by atoms with Crippen LogP contribution in [-0.2, 0) is 10.0 Å². The zero-order valence-electron chi connectivity index (χ0n) is 10.3. The summed E-state index contributed by atoms with van der Waals surface area (Å²) in [5.74, 6) is -1.22. The third kappa shape index (κ3) is 2.86. The monoisotopic (exact) mass is 358 g/mol. The average Bonchev–Trinajstić information content (AvgIpc) is 2.85. The van der Waals surface area contributed by atoms with E-state index in [0.717, 1.165) is 17.8 Å². The Balaban J connectivity index is 2.35. The number of anilines is 1. The van der Waals surface area contributed by atoms with Gasteiger partial charge in [-0.25, -0.2) is 13.2 Å². The molecule has 1 aromatic carbocycles. The standard InChI is InChI=1S/C12H11BrN2O4S/c1-7-3-2-4-9(11(7)13)15-20(18,19)8-5-10(12(16)17)14-6-8/h2-6,14-15H,1H3,(H,16,17). The second-order valence-corrected chi connectivity index (χ2v) is 6.57. The second-order valence-electron chi connectivity index (χ2n) is 4.10. The van der Waals surface area contributed by atoms with Gasteiger partial charge in [-0.1, -0.05) is 12.1 Å². The minimum Gasteiger partial charge on any atom is -0.477 e. The molecule has 0 radical (unpaired) electrons. The zero-order valence-corrected chi connectivity index (χ0v) is 12.7. The second kappa shape index (κ2) is 5.29. The van der Waals surface area contributed by atoms with Crippen molar-refractivity contribution in [2.75, 3.05) is 4.72 Å². The van der Waals surface area contributed by atoms with Crippen molar-refractivity contribution in [3.05, 3.63) is 46.2 Å². The van der Waals surface area contributed by atoms with E-state index in [0.29, 0.717) is 10.2 Å². The Labute approximate surface area is 124 Å². The van der Waals surface area contributed by atoms with Crippen molar-refractivity contribution in [1.29, 1.82) is 0 Å². The van der Waals surface area contributed by atoms with Crippen molar-refractivity contribution < 1.29 is 18.3 Å². The molecule has 8 heteroatoms. The van der Waals surface area contributed by atoms with Crippen LogP contribution in [0.15, 0.2) is 39.8 Å². The van der Waals surface area contributed by atoms with Gasteiger partial charge in [0, 0.05) is 10.7 Å². The highest BCUT2D eigenvalue weighted by atomic mass is 79.9. The molecule has 0 bridgehead atoms. The van der Waals surface area contributed by atoms with Gasteiger partial charge in [-0.3, -0.25) is 4.72 Å². The molecule has 0 atom stereocenters. The molecule has 6 nitrogen and oxygen atoms in total. The number of aromatic nitrogens is 1. The molecule has 0 spiro atoms. The third-order valence-electron chi connectivity index (χ3n) is 2.63. The molecule has 2 aromatic rings. The smallest absolute Gasteiger partial charge is 0.352 e. The van der Waals surface area contributed by atoms with E-state index in [9.17, 15) is 13.2 Å². The lowest BCUT2D eigenvalue weighted by Gasteiger charge is -2.09. The van der Waals surface area contributed by atoms with Gasteiger partial charge in [-0.15, -0.1) is 0 Å². The predicted octanol–water partition coefficient (Wildman–Crippen LogP) is 2.58. The first-order chi connectivity index (χ1) is 9.31. The SMILES string of the molecule is Cc1cccc(NS(=O)(=O)c2c[nH]c(C(=O)O)c2)c1Br. The molecule has 3 N–H and O–H groups in total. The Morgan fingerprint density at radius 1 is 1.40 bits per heavy atom. The zero-order chi connectivity index (χ0) is 14.9. The number of sulfonamides is 1. The molecule has 0 saturated carbocycles. The van der Waals surface area contributed by atoms with Crippen LogP contribution in [0.25, 0.3) is 0 Å². The number of halogens is 1. The highest BCUT2D eigenvalue weighted by Gasteiger charge is 2.19. The molecule has 0 aliphatic carbocycles. The first-order valence-electron chi connectivity index (χ1n) is 5.51. The lowest BCUT2D eigenvalue weighted by Crippen LogP contribution is -2.12. The van der Waals surface area contributed by atoms with Crippen LogP contribution in [-0.4, -0.2) is 24.5 Å². The van der Waals surface area contributed by atoms with Crippen molar-refractivity contribution in [2.45, 2.75) is 11.8 Å². The van der Waals surface area contributed by atoms with Crippen molar-refractivity contribution in [1.82, 2.24) is 4.98 Å². The number of aryl methyl sites for hydroxylation is 1. The molecule has 0 aliphatic heterocycles. The Kier molecular flexibility index (Phi) is 3.87. The van der Waals surface area contributed by atoms with E-state index in [2.05, 4.69) is 25.6 Å². The molecule has 0 aliphatic rings. The van der Waals surface area contributed by atoms with Gasteiger partial charge in [-0.05, 0) is 40.5 Å². The average molecular weight is 359 g/mol. The fraction of sp³-hybridized carbons (Fsp3) is 0.0833. The summed E-state index contributed by atoms with van der Waals surface area (Å²) in [5.41, 5.74) is 1.09. The molecular formula is C12H11BrN2O4S. The van der Waals surface area contributed by atoms with E-state index in [1.54, 1.807) is 12.1 Å². The number of aromatic amines is 1. The van der Waals surface area contributed by atoms with Crippen LogP contribution >= 0.6 is 15.9 Å². The minimum atomic E-state index is -3.84. The molecule has 106 valence electrons. The lowest BCUT2D eigenvalue weighted by molar-refractivity contribution is 0.0691. The Hall–Kier alpha value is -1.80. The number of hydrogen-bond acceptors (Lipinski definition) is 3. The summed E-state index contributed by atoms with van der Waals surface area (Å²) >= 11 is 3.30. The number of benzene rings is 1. The molecule has 2 rings (SSSR count). The Morgan fingerprint density at radius 3 is 2.70 bits per heavy atom. The Morgan fingerprint density at radius 2 is 2.10 bits per heavy atom. The van der Waals surface area contributed by atoms with Gasteiger partial charge < -0.3 is 10.1 Å². The van der Waals surface area contributed by atoms with E-state index in [1.807, 2.05) is 13.0 Å². The first-order valence-corrected chi connectivity index (χ1v) is 7.78. The van der Waals surface area contributed by atoms with Crippen LogP contribution in [0.1, 0.15) is 16.1 Å². The van der Waals surface area contributed by atoms with Crippen molar-refractivity contribution in [3.63, 3.8) is 0 Å². The maximum Gasteiger partial charge on any atom is 0.352 e. The topological polar surface area (TPSA) is 99.3 Å². The number of rotatable bonds is 4. The normalized spacial score (nSPS) is 11.3. The van der Waals surface area contributed by atoms with Crippen LogP contribution in [0, 0.1) is 6.92 Å². The van der Waals surface area contributed by atoms with E-state index in [-0.39, 0.29) is 10.6 Å². The number of carboxylic acids is 1. The quantitative estimate of drug-likeness (QED) is 0.781. The molecular weight excluding hydrogens is 348 g/mol. The third-order valence-corrected chi connectivity index (χ3v) is 5.03. The van der Waals surface area contributed by atoms with Gasteiger partial charge in [0.15, 0.2) is 0 Å². The van der Waals surface area contributed by atoms with Gasteiger partial charge in [-0.2, -0.15) is 0 Å². The van der Waals surface area contributed by atoms with Gasteiger partial charge in [0.2, 0.25) is 0 Å². The van der Waals surface area contributed by atoms with Crippen LogP contribution in [0.4, 0.5) is 5.69 Å². The number of carboxylic acid groups (broad SMARTS) is 1. The van der Waals surface area contributed by atoms with Crippen LogP contribution in [0.5, 0.6) is 0 Å².